The molecule has 0 unspecified atom stereocenters. The fraction of sp³-hybridized carbons (Fsp3) is 0.118. The molecular formula is C17H15ClN2O4S. The van der Waals surface area contributed by atoms with Gasteiger partial charge in [0.15, 0.2) is 6.61 Å². The van der Waals surface area contributed by atoms with E-state index in [0.29, 0.717) is 11.6 Å². The average Bonchev–Trinajstić information content (AvgIpc) is 3.10. The van der Waals surface area contributed by atoms with Crippen LogP contribution in [0.25, 0.3) is 6.08 Å². The molecule has 1 aromatic carbocycles. The van der Waals surface area contributed by atoms with Crippen molar-refractivity contribution in [2.45, 2.75) is 6.54 Å². The van der Waals surface area contributed by atoms with E-state index in [1.165, 1.54) is 23.5 Å². The summed E-state index contributed by atoms with van der Waals surface area (Å²) < 4.78 is 4.76. The Kier molecular flexibility index (Phi) is 7.18. The SMILES string of the molecule is O=C(COC(=O)/C=C/c1cccc(Cl)c1)NC(=O)NCc1cccs1. The van der Waals surface area contributed by atoms with Crippen LogP contribution in [0.1, 0.15) is 10.4 Å². The highest BCUT2D eigenvalue weighted by Gasteiger charge is 2.09. The number of halogens is 1. The summed E-state index contributed by atoms with van der Waals surface area (Å²) in [6.45, 7) is -0.232. The summed E-state index contributed by atoms with van der Waals surface area (Å²) in [4.78, 5) is 35.6. The second kappa shape index (κ2) is 9.61. The Hall–Kier alpha value is -2.64. The van der Waals surface area contributed by atoms with Crippen molar-refractivity contribution in [3.05, 3.63) is 63.3 Å². The highest BCUT2D eigenvalue weighted by atomic mass is 35.5. The van der Waals surface area contributed by atoms with E-state index in [2.05, 4.69) is 10.6 Å². The lowest BCUT2D eigenvalue weighted by Crippen LogP contribution is -2.40. The topological polar surface area (TPSA) is 84.5 Å². The largest absolute Gasteiger partial charge is 0.452 e. The van der Waals surface area contributed by atoms with Gasteiger partial charge in [-0.15, -0.1) is 11.3 Å². The first-order chi connectivity index (χ1) is 12.0. The highest BCUT2D eigenvalue weighted by molar-refractivity contribution is 7.09. The second-order valence-electron chi connectivity index (χ2n) is 4.81. The van der Waals surface area contributed by atoms with E-state index in [1.807, 2.05) is 17.5 Å². The number of nitrogens with one attached hydrogen (secondary N) is 2. The maximum atomic E-state index is 11.6. The number of hydrogen-bond acceptors (Lipinski definition) is 5. The molecule has 2 N–H and O–H groups in total. The Labute approximate surface area is 153 Å². The van der Waals surface area contributed by atoms with Crippen molar-refractivity contribution >= 4 is 46.9 Å². The van der Waals surface area contributed by atoms with Crippen LogP contribution in [0, 0.1) is 0 Å². The van der Waals surface area contributed by atoms with Crippen molar-refractivity contribution in [2.24, 2.45) is 0 Å². The van der Waals surface area contributed by atoms with Crippen LogP contribution in [0.3, 0.4) is 0 Å². The van der Waals surface area contributed by atoms with Crippen molar-refractivity contribution in [1.82, 2.24) is 10.6 Å². The van der Waals surface area contributed by atoms with Gasteiger partial charge in [0.05, 0.1) is 6.54 Å². The summed E-state index contributed by atoms with van der Waals surface area (Å²) in [6.07, 6.45) is 2.69. The van der Waals surface area contributed by atoms with Gasteiger partial charge < -0.3 is 10.1 Å². The Morgan fingerprint density at radius 2 is 2.04 bits per heavy atom. The number of benzene rings is 1. The minimum atomic E-state index is -0.715. The molecule has 130 valence electrons. The molecule has 0 atom stereocenters. The number of hydrogen-bond donors (Lipinski definition) is 2. The third kappa shape index (κ3) is 7.19. The Balaban J connectivity index is 1.68. The Morgan fingerprint density at radius 1 is 1.20 bits per heavy atom. The van der Waals surface area contributed by atoms with E-state index in [9.17, 15) is 14.4 Å². The summed E-state index contributed by atoms with van der Waals surface area (Å²) >= 11 is 7.32. The van der Waals surface area contributed by atoms with Gasteiger partial charge >= 0.3 is 12.0 Å². The first-order valence-corrected chi connectivity index (χ1v) is 8.49. The van der Waals surface area contributed by atoms with Gasteiger partial charge in [-0.2, -0.15) is 0 Å². The van der Waals surface area contributed by atoms with Crippen molar-refractivity contribution < 1.29 is 19.1 Å². The molecule has 1 heterocycles. The Bertz CT molecular complexity index is 775. The zero-order chi connectivity index (χ0) is 18.1. The lowest BCUT2D eigenvalue weighted by molar-refractivity contribution is -0.143. The fourth-order valence-corrected chi connectivity index (χ4v) is 2.59. The van der Waals surface area contributed by atoms with E-state index in [-0.39, 0.29) is 0 Å². The van der Waals surface area contributed by atoms with E-state index < -0.39 is 24.5 Å². The molecule has 2 aromatic rings. The zero-order valence-corrected chi connectivity index (χ0v) is 14.6. The molecule has 0 aliphatic rings. The molecule has 0 saturated heterocycles. The molecule has 3 amide bonds. The number of esters is 1. The summed E-state index contributed by atoms with van der Waals surface area (Å²) in [5, 5.41) is 7.03. The predicted molar refractivity (Wildman–Crippen MR) is 96.1 cm³/mol. The van der Waals surface area contributed by atoms with Gasteiger partial charge in [-0.1, -0.05) is 29.8 Å². The molecule has 0 aliphatic heterocycles. The predicted octanol–water partition coefficient (Wildman–Crippen LogP) is 2.98. The molecule has 0 saturated carbocycles. The first kappa shape index (κ1) is 18.7. The Morgan fingerprint density at radius 3 is 2.76 bits per heavy atom. The highest BCUT2D eigenvalue weighted by Crippen LogP contribution is 2.11. The van der Waals surface area contributed by atoms with E-state index in [4.69, 9.17) is 16.3 Å². The quantitative estimate of drug-likeness (QED) is 0.597. The summed E-state index contributed by atoms with van der Waals surface area (Å²) in [7, 11) is 0. The molecule has 25 heavy (non-hydrogen) atoms. The fourth-order valence-electron chi connectivity index (χ4n) is 1.75. The van der Waals surface area contributed by atoms with Crippen LogP contribution in [0.15, 0.2) is 47.9 Å². The van der Waals surface area contributed by atoms with Gasteiger partial charge in [0.1, 0.15) is 0 Å². The van der Waals surface area contributed by atoms with Crippen LogP contribution in [0.2, 0.25) is 5.02 Å². The van der Waals surface area contributed by atoms with Gasteiger partial charge in [-0.25, -0.2) is 9.59 Å². The average molecular weight is 379 g/mol. The normalized spacial score (nSPS) is 10.4. The number of carbonyl (C=O) groups excluding carboxylic acids is 3. The van der Waals surface area contributed by atoms with Crippen LogP contribution in [-0.4, -0.2) is 24.5 Å². The minimum Gasteiger partial charge on any atom is -0.452 e. The van der Waals surface area contributed by atoms with Crippen LogP contribution < -0.4 is 10.6 Å². The maximum absolute atomic E-state index is 11.6. The van der Waals surface area contributed by atoms with E-state index >= 15 is 0 Å². The van der Waals surface area contributed by atoms with Gasteiger partial charge in [0, 0.05) is 16.0 Å². The number of carbonyl (C=O) groups is 3. The van der Waals surface area contributed by atoms with Gasteiger partial charge in [-0.05, 0) is 35.2 Å². The third-order valence-corrected chi connectivity index (χ3v) is 3.97. The summed E-state index contributed by atoms with van der Waals surface area (Å²) in [6, 6.07) is 9.97. The van der Waals surface area contributed by atoms with Crippen molar-refractivity contribution in [3.63, 3.8) is 0 Å². The van der Waals surface area contributed by atoms with Crippen LogP contribution in [0.5, 0.6) is 0 Å². The van der Waals surface area contributed by atoms with Crippen molar-refractivity contribution in [2.75, 3.05) is 6.61 Å². The molecule has 2 rings (SSSR count). The van der Waals surface area contributed by atoms with Crippen LogP contribution in [-0.2, 0) is 20.9 Å². The molecule has 0 radical (unpaired) electrons. The molecule has 0 spiro atoms. The van der Waals surface area contributed by atoms with Crippen molar-refractivity contribution in [3.8, 4) is 0 Å². The maximum Gasteiger partial charge on any atom is 0.331 e. The van der Waals surface area contributed by atoms with Gasteiger partial charge in [-0.3, -0.25) is 10.1 Å². The number of imide groups is 1. The number of urea groups is 1. The smallest absolute Gasteiger partial charge is 0.331 e. The number of rotatable bonds is 6. The van der Waals surface area contributed by atoms with Crippen molar-refractivity contribution in [1.29, 1.82) is 0 Å². The van der Waals surface area contributed by atoms with E-state index in [1.54, 1.807) is 24.3 Å². The van der Waals surface area contributed by atoms with Crippen LogP contribution >= 0.6 is 22.9 Å². The monoisotopic (exact) mass is 378 g/mol. The first-order valence-electron chi connectivity index (χ1n) is 7.23. The van der Waals surface area contributed by atoms with Gasteiger partial charge in [0.25, 0.3) is 5.91 Å². The molecule has 8 heteroatoms. The number of thiophene rings is 1. The number of amides is 3. The third-order valence-electron chi connectivity index (χ3n) is 2.86. The molecule has 0 aliphatic carbocycles. The molecule has 0 bridgehead atoms. The van der Waals surface area contributed by atoms with Gasteiger partial charge in [0.2, 0.25) is 0 Å². The second-order valence-corrected chi connectivity index (χ2v) is 6.27. The minimum absolute atomic E-state index is 0.318. The lowest BCUT2D eigenvalue weighted by Gasteiger charge is -2.05. The molecule has 1 aromatic heterocycles. The van der Waals surface area contributed by atoms with E-state index in [0.717, 1.165) is 10.4 Å². The zero-order valence-electron chi connectivity index (χ0n) is 13.0. The number of ether oxygens (including phenoxy) is 1. The standard InChI is InChI=1S/C17H15ClN2O4S/c18-13-4-1-3-12(9-13)6-7-16(22)24-11-15(21)20-17(23)19-10-14-5-2-8-25-14/h1-9H,10-11H2,(H2,19,20,21,23)/b7-6+. The molecule has 0 fully saturated rings. The molecule has 6 nitrogen and oxygen atoms in total. The molecular weight excluding hydrogens is 364 g/mol. The summed E-state index contributed by atoms with van der Waals surface area (Å²) in [5.41, 5.74) is 0.724. The lowest BCUT2D eigenvalue weighted by atomic mass is 10.2. The summed E-state index contributed by atoms with van der Waals surface area (Å²) in [5.74, 6) is -1.41. The van der Waals surface area contributed by atoms with Crippen LogP contribution in [0.4, 0.5) is 4.79 Å².